The number of nitro benzene ring substituents is 1. The molecular weight excluding hydrogens is 354 g/mol. The van der Waals surface area contributed by atoms with Gasteiger partial charge in [0.1, 0.15) is 5.70 Å². The van der Waals surface area contributed by atoms with E-state index in [0.29, 0.717) is 31.9 Å². The van der Waals surface area contributed by atoms with E-state index in [-0.39, 0.29) is 29.4 Å². The molecule has 1 heterocycles. The molecule has 0 bridgehead atoms. The van der Waals surface area contributed by atoms with Crippen LogP contribution in [-0.2, 0) is 19.1 Å². The van der Waals surface area contributed by atoms with Crippen LogP contribution in [0.2, 0.25) is 0 Å². The third-order valence-electron chi connectivity index (χ3n) is 4.27. The van der Waals surface area contributed by atoms with Gasteiger partial charge in [0.2, 0.25) is 0 Å². The fourth-order valence-corrected chi connectivity index (χ4v) is 2.89. The van der Waals surface area contributed by atoms with Gasteiger partial charge in [-0.1, -0.05) is 0 Å². The number of hydrogen-bond donors (Lipinski definition) is 0. The number of methoxy groups -OCH3 is 2. The number of imide groups is 1. The first-order valence-electron chi connectivity index (χ1n) is 8.54. The van der Waals surface area contributed by atoms with Crippen molar-refractivity contribution in [2.24, 2.45) is 0 Å². The highest BCUT2D eigenvalue weighted by atomic mass is 16.6. The Balaban J connectivity index is 2.53. The minimum Gasteiger partial charge on any atom is -0.383 e. The summed E-state index contributed by atoms with van der Waals surface area (Å²) < 4.78 is 10.2. The molecule has 1 aromatic rings. The number of ether oxygens (including phenoxy) is 2. The lowest BCUT2D eigenvalue weighted by molar-refractivity contribution is -0.384. The van der Waals surface area contributed by atoms with E-state index in [2.05, 4.69) is 0 Å². The van der Waals surface area contributed by atoms with Gasteiger partial charge in [0.25, 0.3) is 17.5 Å². The molecule has 1 aliphatic heterocycles. The minimum absolute atomic E-state index is 0.0827. The molecule has 146 valence electrons. The Morgan fingerprint density at radius 1 is 1.04 bits per heavy atom. The summed E-state index contributed by atoms with van der Waals surface area (Å²) in [6, 6.07) is 5.62. The predicted molar refractivity (Wildman–Crippen MR) is 97.7 cm³/mol. The molecule has 0 atom stereocenters. The Morgan fingerprint density at radius 3 is 2.04 bits per heavy atom. The Kier molecular flexibility index (Phi) is 7.03. The Bertz CT molecular complexity index is 736. The second kappa shape index (κ2) is 9.24. The third-order valence-corrected chi connectivity index (χ3v) is 4.27. The second-order valence-corrected chi connectivity index (χ2v) is 5.85. The number of amides is 2. The summed E-state index contributed by atoms with van der Waals surface area (Å²) in [6.07, 6.45) is 0. The number of nitrogens with zero attached hydrogens (tertiary/aromatic N) is 3. The molecule has 0 aliphatic carbocycles. The van der Waals surface area contributed by atoms with Gasteiger partial charge in [-0.3, -0.25) is 24.6 Å². The summed E-state index contributed by atoms with van der Waals surface area (Å²) in [7, 11) is 3.11. The van der Waals surface area contributed by atoms with Gasteiger partial charge < -0.3 is 14.4 Å². The van der Waals surface area contributed by atoms with Crippen LogP contribution in [0.4, 0.5) is 5.69 Å². The third kappa shape index (κ3) is 4.32. The number of non-ortho nitro benzene ring substituents is 1. The van der Waals surface area contributed by atoms with Gasteiger partial charge in [-0.2, -0.15) is 0 Å². The molecular formula is C18H23N3O6. The van der Waals surface area contributed by atoms with Gasteiger partial charge in [0.05, 0.1) is 23.7 Å². The zero-order chi connectivity index (χ0) is 20.0. The van der Waals surface area contributed by atoms with Crippen molar-refractivity contribution in [3.8, 4) is 0 Å². The topological polar surface area (TPSA) is 102 Å². The van der Waals surface area contributed by atoms with Crippen LogP contribution in [0.1, 0.15) is 12.5 Å². The lowest BCUT2D eigenvalue weighted by Gasteiger charge is -2.25. The van der Waals surface area contributed by atoms with Gasteiger partial charge in [-0.05, 0) is 24.6 Å². The molecule has 0 saturated carbocycles. The predicted octanol–water partition coefficient (Wildman–Crippen LogP) is 1.29. The maximum absolute atomic E-state index is 12.9. The van der Waals surface area contributed by atoms with Crippen LogP contribution < -0.4 is 0 Å². The van der Waals surface area contributed by atoms with Crippen molar-refractivity contribution in [1.29, 1.82) is 0 Å². The van der Waals surface area contributed by atoms with E-state index in [9.17, 15) is 19.7 Å². The fourth-order valence-electron chi connectivity index (χ4n) is 2.89. The first-order valence-corrected chi connectivity index (χ1v) is 8.54. The normalized spacial score (nSPS) is 14.3. The van der Waals surface area contributed by atoms with Crippen LogP contribution in [-0.4, -0.2) is 73.6 Å². The first kappa shape index (κ1) is 20.5. The summed E-state index contributed by atoms with van der Waals surface area (Å²) in [5, 5.41) is 10.9. The second-order valence-electron chi connectivity index (χ2n) is 5.85. The average molecular weight is 377 g/mol. The number of benzene rings is 1. The Hall–Kier alpha value is -2.78. The van der Waals surface area contributed by atoms with Crippen LogP contribution in [0.3, 0.4) is 0 Å². The number of likely N-dealkylation sites (N-methyl/N-ethyl adjacent to an activating group) is 1. The van der Waals surface area contributed by atoms with Gasteiger partial charge in [-0.15, -0.1) is 0 Å². The molecule has 0 unspecified atom stereocenters. The molecule has 2 rings (SSSR count). The first-order chi connectivity index (χ1) is 13.0. The number of hydrogen-bond acceptors (Lipinski definition) is 7. The van der Waals surface area contributed by atoms with Crippen LogP contribution in [0, 0.1) is 10.1 Å². The summed E-state index contributed by atoms with van der Waals surface area (Å²) >= 11 is 0. The zero-order valence-electron chi connectivity index (χ0n) is 15.6. The van der Waals surface area contributed by atoms with E-state index < -0.39 is 10.8 Å². The molecule has 9 nitrogen and oxygen atoms in total. The smallest absolute Gasteiger partial charge is 0.277 e. The number of nitro groups is 1. The fraction of sp³-hybridized carbons (Fsp3) is 0.444. The Labute approximate surface area is 157 Å². The van der Waals surface area contributed by atoms with Crippen molar-refractivity contribution >= 4 is 23.1 Å². The molecule has 1 aromatic carbocycles. The molecule has 0 aromatic heterocycles. The summed E-state index contributed by atoms with van der Waals surface area (Å²) in [4.78, 5) is 39.0. The zero-order valence-corrected chi connectivity index (χ0v) is 15.6. The minimum atomic E-state index is -0.511. The maximum atomic E-state index is 12.9. The van der Waals surface area contributed by atoms with Gasteiger partial charge in [0.15, 0.2) is 0 Å². The number of rotatable bonds is 10. The molecule has 0 saturated heterocycles. The standard InChI is InChI=1S/C18H23N3O6/c1-4-20-17(22)15(13-5-7-14(8-6-13)21(24)25)16(18(20)23)19(9-11-26-2)10-12-27-3/h5-8H,4,9-12H2,1-3H3. The maximum Gasteiger partial charge on any atom is 0.277 e. The lowest BCUT2D eigenvalue weighted by Crippen LogP contribution is -2.37. The highest BCUT2D eigenvalue weighted by Gasteiger charge is 2.40. The molecule has 0 spiro atoms. The largest absolute Gasteiger partial charge is 0.383 e. The van der Waals surface area contributed by atoms with E-state index in [0.717, 1.165) is 0 Å². The van der Waals surface area contributed by atoms with Crippen LogP contribution in [0.15, 0.2) is 30.0 Å². The molecule has 9 heteroatoms. The van der Waals surface area contributed by atoms with Crippen molar-refractivity contribution in [2.75, 3.05) is 47.1 Å². The van der Waals surface area contributed by atoms with Crippen molar-refractivity contribution in [1.82, 2.24) is 9.80 Å². The van der Waals surface area contributed by atoms with Crippen LogP contribution in [0.25, 0.3) is 5.57 Å². The molecule has 0 N–H and O–H groups in total. The number of carbonyl (C=O) groups excluding carboxylic acids is 2. The van der Waals surface area contributed by atoms with Crippen molar-refractivity contribution in [3.05, 3.63) is 45.6 Å². The number of carbonyl (C=O) groups is 2. The highest BCUT2D eigenvalue weighted by molar-refractivity contribution is 6.35. The van der Waals surface area contributed by atoms with E-state index in [4.69, 9.17) is 9.47 Å². The molecule has 0 fully saturated rings. The van der Waals surface area contributed by atoms with E-state index >= 15 is 0 Å². The van der Waals surface area contributed by atoms with Crippen molar-refractivity contribution in [3.63, 3.8) is 0 Å². The van der Waals surface area contributed by atoms with Crippen molar-refractivity contribution in [2.45, 2.75) is 6.92 Å². The Morgan fingerprint density at radius 2 is 1.59 bits per heavy atom. The van der Waals surface area contributed by atoms with Gasteiger partial charge in [0, 0.05) is 46.0 Å². The molecule has 0 radical (unpaired) electrons. The van der Waals surface area contributed by atoms with E-state index in [1.807, 2.05) is 0 Å². The monoisotopic (exact) mass is 377 g/mol. The molecule has 27 heavy (non-hydrogen) atoms. The van der Waals surface area contributed by atoms with E-state index in [1.54, 1.807) is 26.0 Å². The highest BCUT2D eigenvalue weighted by Crippen LogP contribution is 2.32. The van der Waals surface area contributed by atoms with Crippen molar-refractivity contribution < 1.29 is 24.0 Å². The quantitative estimate of drug-likeness (QED) is 0.344. The summed E-state index contributed by atoms with van der Waals surface area (Å²) in [5.41, 5.74) is 0.888. The van der Waals surface area contributed by atoms with Gasteiger partial charge in [-0.25, -0.2) is 0 Å². The molecule has 1 aliphatic rings. The van der Waals surface area contributed by atoms with Crippen LogP contribution >= 0.6 is 0 Å². The lowest BCUT2D eigenvalue weighted by atomic mass is 10.0. The van der Waals surface area contributed by atoms with Crippen LogP contribution in [0.5, 0.6) is 0 Å². The summed E-state index contributed by atoms with van der Waals surface area (Å²) in [5.74, 6) is -0.797. The summed E-state index contributed by atoms with van der Waals surface area (Å²) in [6.45, 7) is 3.51. The average Bonchev–Trinajstić information content (AvgIpc) is 2.91. The molecule has 2 amide bonds. The van der Waals surface area contributed by atoms with E-state index in [1.165, 1.54) is 29.2 Å². The van der Waals surface area contributed by atoms with Gasteiger partial charge >= 0.3 is 0 Å². The SMILES string of the molecule is CCN1C(=O)C(c2ccc([N+](=O)[O-])cc2)=C(N(CCOC)CCOC)C1=O.